The van der Waals surface area contributed by atoms with Gasteiger partial charge in [-0.2, -0.15) is 5.10 Å². The summed E-state index contributed by atoms with van der Waals surface area (Å²) in [6, 6.07) is 12.2. The first kappa shape index (κ1) is 11.9. The molecule has 0 radical (unpaired) electrons. The summed E-state index contributed by atoms with van der Waals surface area (Å²) in [4.78, 5) is 2.12. The van der Waals surface area contributed by atoms with Crippen LogP contribution in [0.5, 0.6) is 0 Å². The van der Waals surface area contributed by atoms with Crippen molar-refractivity contribution in [2.45, 2.75) is 6.42 Å². The molecule has 3 nitrogen and oxygen atoms in total. The predicted octanol–water partition coefficient (Wildman–Crippen LogP) is 2.81. The third-order valence-corrected chi connectivity index (χ3v) is 2.81. The Balaban J connectivity index is 1.96. The second-order valence-electron chi connectivity index (χ2n) is 3.89. The standard InChI is InChI=1S/C13H14ClN3/c1-17(12-9-13(14)16-15-10-12)8-7-11-5-3-2-4-6-11/h2-6,9-10H,7-8H2,1H3. The van der Waals surface area contributed by atoms with Crippen LogP contribution in [0.3, 0.4) is 0 Å². The molecular formula is C13H14ClN3. The Morgan fingerprint density at radius 2 is 2.00 bits per heavy atom. The average Bonchev–Trinajstić information content (AvgIpc) is 2.37. The highest BCUT2D eigenvalue weighted by Gasteiger charge is 2.03. The van der Waals surface area contributed by atoms with Crippen LogP contribution in [-0.4, -0.2) is 23.8 Å². The Morgan fingerprint density at radius 1 is 1.24 bits per heavy atom. The van der Waals surface area contributed by atoms with Gasteiger partial charge in [-0.05, 0) is 12.0 Å². The largest absolute Gasteiger partial charge is 0.373 e. The summed E-state index contributed by atoms with van der Waals surface area (Å²) in [5, 5.41) is 7.99. The van der Waals surface area contributed by atoms with Gasteiger partial charge in [-0.1, -0.05) is 41.9 Å². The lowest BCUT2D eigenvalue weighted by molar-refractivity contribution is 0.866. The molecule has 2 rings (SSSR count). The van der Waals surface area contributed by atoms with Gasteiger partial charge in [0, 0.05) is 19.7 Å². The first-order chi connectivity index (χ1) is 8.25. The molecule has 0 amide bonds. The topological polar surface area (TPSA) is 29.0 Å². The maximum atomic E-state index is 5.81. The third-order valence-electron chi connectivity index (χ3n) is 2.63. The number of halogens is 1. The van der Waals surface area contributed by atoms with Gasteiger partial charge in [-0.15, -0.1) is 5.10 Å². The van der Waals surface area contributed by atoms with Crippen LogP contribution in [0.15, 0.2) is 42.6 Å². The third kappa shape index (κ3) is 3.43. The molecule has 1 heterocycles. The van der Waals surface area contributed by atoms with Crippen molar-refractivity contribution in [1.82, 2.24) is 10.2 Å². The van der Waals surface area contributed by atoms with Gasteiger partial charge in [-0.3, -0.25) is 0 Å². The van der Waals surface area contributed by atoms with Gasteiger partial charge in [0.2, 0.25) is 0 Å². The van der Waals surface area contributed by atoms with Crippen molar-refractivity contribution in [2.75, 3.05) is 18.5 Å². The van der Waals surface area contributed by atoms with Crippen LogP contribution >= 0.6 is 11.6 Å². The lowest BCUT2D eigenvalue weighted by atomic mass is 10.1. The zero-order valence-corrected chi connectivity index (χ0v) is 10.4. The first-order valence-electron chi connectivity index (χ1n) is 5.49. The SMILES string of the molecule is CN(CCc1ccccc1)c1cnnc(Cl)c1. The number of rotatable bonds is 4. The number of hydrogen-bond acceptors (Lipinski definition) is 3. The highest BCUT2D eigenvalue weighted by atomic mass is 35.5. The maximum absolute atomic E-state index is 5.81. The number of aromatic nitrogens is 2. The summed E-state index contributed by atoms with van der Waals surface area (Å²) in [5.41, 5.74) is 2.31. The van der Waals surface area contributed by atoms with Crippen molar-refractivity contribution in [2.24, 2.45) is 0 Å². The van der Waals surface area contributed by atoms with Crippen LogP contribution in [0.4, 0.5) is 5.69 Å². The minimum absolute atomic E-state index is 0.425. The van der Waals surface area contributed by atoms with Gasteiger partial charge < -0.3 is 4.90 Å². The van der Waals surface area contributed by atoms with Crippen molar-refractivity contribution >= 4 is 17.3 Å². The van der Waals surface area contributed by atoms with Gasteiger partial charge >= 0.3 is 0 Å². The fourth-order valence-electron chi connectivity index (χ4n) is 1.61. The monoisotopic (exact) mass is 247 g/mol. The molecule has 0 N–H and O–H groups in total. The van der Waals surface area contributed by atoms with E-state index in [1.807, 2.05) is 19.2 Å². The molecule has 0 unspecified atom stereocenters. The molecule has 88 valence electrons. The summed E-state index contributed by atoms with van der Waals surface area (Å²) < 4.78 is 0. The van der Waals surface area contributed by atoms with Gasteiger partial charge in [0.25, 0.3) is 0 Å². The second-order valence-corrected chi connectivity index (χ2v) is 4.28. The molecule has 0 aliphatic heterocycles. The van der Waals surface area contributed by atoms with Crippen molar-refractivity contribution in [3.63, 3.8) is 0 Å². The van der Waals surface area contributed by atoms with Crippen molar-refractivity contribution in [1.29, 1.82) is 0 Å². The van der Waals surface area contributed by atoms with E-state index in [1.165, 1.54) is 5.56 Å². The van der Waals surface area contributed by atoms with Gasteiger partial charge in [0.05, 0.1) is 11.9 Å². The molecule has 0 saturated carbocycles. The number of likely N-dealkylation sites (N-methyl/N-ethyl adjacent to an activating group) is 1. The van der Waals surface area contributed by atoms with E-state index in [0.29, 0.717) is 5.15 Å². The Hall–Kier alpha value is -1.61. The smallest absolute Gasteiger partial charge is 0.153 e. The zero-order valence-electron chi connectivity index (χ0n) is 9.68. The highest BCUT2D eigenvalue weighted by molar-refractivity contribution is 6.29. The van der Waals surface area contributed by atoms with E-state index in [-0.39, 0.29) is 0 Å². The van der Waals surface area contributed by atoms with Crippen molar-refractivity contribution in [3.05, 3.63) is 53.3 Å². The molecular weight excluding hydrogens is 234 g/mol. The summed E-state index contributed by atoms with van der Waals surface area (Å²) in [7, 11) is 2.02. The quantitative estimate of drug-likeness (QED) is 0.832. The fraction of sp³-hybridized carbons (Fsp3) is 0.231. The molecule has 0 aliphatic carbocycles. The minimum Gasteiger partial charge on any atom is -0.373 e. The van der Waals surface area contributed by atoms with Crippen LogP contribution in [0.2, 0.25) is 5.15 Å². The maximum Gasteiger partial charge on any atom is 0.153 e. The molecule has 1 aromatic heterocycles. The van der Waals surface area contributed by atoms with Crippen molar-refractivity contribution in [3.8, 4) is 0 Å². The van der Waals surface area contributed by atoms with Crippen LogP contribution in [0.25, 0.3) is 0 Å². The molecule has 0 saturated heterocycles. The normalized spacial score (nSPS) is 10.2. The average molecular weight is 248 g/mol. The molecule has 1 aromatic carbocycles. The molecule has 2 aromatic rings. The lowest BCUT2D eigenvalue weighted by Crippen LogP contribution is -2.20. The van der Waals surface area contributed by atoms with Gasteiger partial charge in [-0.25, -0.2) is 0 Å². The van der Waals surface area contributed by atoms with Gasteiger partial charge in [0.15, 0.2) is 5.15 Å². The molecule has 0 fully saturated rings. The second kappa shape index (κ2) is 5.64. The number of anilines is 1. The van der Waals surface area contributed by atoms with Crippen LogP contribution in [0, 0.1) is 0 Å². The van der Waals surface area contributed by atoms with Crippen LogP contribution < -0.4 is 4.90 Å². The Labute approximate surface area is 106 Å². The highest BCUT2D eigenvalue weighted by Crippen LogP contribution is 2.14. The van der Waals surface area contributed by atoms with E-state index >= 15 is 0 Å². The zero-order chi connectivity index (χ0) is 12.1. The summed E-state index contributed by atoms with van der Waals surface area (Å²) in [6.07, 6.45) is 2.72. The summed E-state index contributed by atoms with van der Waals surface area (Å²) in [5.74, 6) is 0. The van der Waals surface area contributed by atoms with Crippen LogP contribution in [0.1, 0.15) is 5.56 Å². The molecule has 0 aliphatic rings. The van der Waals surface area contributed by atoms with E-state index in [0.717, 1.165) is 18.7 Å². The predicted molar refractivity (Wildman–Crippen MR) is 70.5 cm³/mol. The minimum atomic E-state index is 0.425. The summed E-state index contributed by atoms with van der Waals surface area (Å²) in [6.45, 7) is 0.923. The van der Waals surface area contributed by atoms with E-state index < -0.39 is 0 Å². The molecule has 0 atom stereocenters. The Bertz CT molecular complexity index is 473. The van der Waals surface area contributed by atoms with E-state index in [2.05, 4.69) is 39.4 Å². The molecule has 0 spiro atoms. The lowest BCUT2D eigenvalue weighted by Gasteiger charge is -2.18. The number of nitrogens with zero attached hydrogens (tertiary/aromatic N) is 3. The van der Waals surface area contributed by atoms with E-state index in [9.17, 15) is 0 Å². The summed E-state index contributed by atoms with van der Waals surface area (Å²) >= 11 is 5.81. The molecule has 4 heteroatoms. The number of benzene rings is 1. The van der Waals surface area contributed by atoms with Crippen molar-refractivity contribution < 1.29 is 0 Å². The van der Waals surface area contributed by atoms with Gasteiger partial charge in [0.1, 0.15) is 0 Å². The van der Waals surface area contributed by atoms with E-state index in [1.54, 1.807) is 6.20 Å². The van der Waals surface area contributed by atoms with E-state index in [4.69, 9.17) is 11.6 Å². The fourth-order valence-corrected chi connectivity index (χ4v) is 1.77. The molecule has 17 heavy (non-hydrogen) atoms. The Morgan fingerprint density at radius 3 is 2.71 bits per heavy atom. The number of hydrogen-bond donors (Lipinski definition) is 0. The van der Waals surface area contributed by atoms with Crippen LogP contribution in [-0.2, 0) is 6.42 Å². The molecule has 0 bridgehead atoms. The Kier molecular flexibility index (Phi) is 3.94. The first-order valence-corrected chi connectivity index (χ1v) is 5.87.